The zero-order valence-corrected chi connectivity index (χ0v) is 13.0. The maximum absolute atomic E-state index is 12.1. The van der Waals surface area contributed by atoms with Crippen molar-refractivity contribution < 1.29 is 9.21 Å². The second-order valence-electron chi connectivity index (χ2n) is 5.31. The number of benzene rings is 1. The Morgan fingerprint density at radius 2 is 2.00 bits per heavy atom. The fourth-order valence-corrected chi connectivity index (χ4v) is 2.21. The van der Waals surface area contributed by atoms with Crippen molar-refractivity contribution in [3.05, 3.63) is 52.8 Å². The Labute approximate surface area is 130 Å². The summed E-state index contributed by atoms with van der Waals surface area (Å²) in [5.41, 5.74) is 2.28. The van der Waals surface area contributed by atoms with E-state index in [-0.39, 0.29) is 18.3 Å². The average molecular weight is 297 g/mol. The Morgan fingerprint density at radius 1 is 1.32 bits per heavy atom. The van der Waals surface area contributed by atoms with Crippen molar-refractivity contribution in [3.63, 3.8) is 0 Å². The lowest BCUT2D eigenvalue weighted by Gasteiger charge is -2.15. The van der Waals surface area contributed by atoms with Gasteiger partial charge in [-0.3, -0.25) is 15.0 Å². The van der Waals surface area contributed by atoms with Crippen LogP contribution in [0.2, 0.25) is 0 Å². The van der Waals surface area contributed by atoms with Crippen LogP contribution < -0.4 is 5.32 Å². The number of hydrogen-bond acceptors (Lipinski definition) is 4. The molecule has 5 nitrogen and oxygen atoms in total. The number of nitrogens with one attached hydrogen (secondary N) is 1. The van der Waals surface area contributed by atoms with Gasteiger partial charge in [0.05, 0.1) is 6.54 Å². The number of nitrogens with zero attached hydrogens (tertiary/aromatic N) is 2. The molecule has 2 rings (SSSR count). The van der Waals surface area contributed by atoms with Gasteiger partial charge in [-0.2, -0.15) is 5.26 Å². The predicted octanol–water partition coefficient (Wildman–Crippen LogP) is 2.84. The fraction of sp³-hybridized carbons (Fsp3) is 0.294. The average Bonchev–Trinajstić information content (AvgIpc) is 2.73. The summed E-state index contributed by atoms with van der Waals surface area (Å²) < 4.78 is 5.43. The van der Waals surface area contributed by atoms with E-state index >= 15 is 0 Å². The first-order chi connectivity index (χ1) is 10.5. The number of furan rings is 1. The monoisotopic (exact) mass is 297 g/mol. The molecule has 1 aromatic heterocycles. The number of anilines is 1. The first-order valence-corrected chi connectivity index (χ1v) is 7.03. The lowest BCUT2D eigenvalue weighted by molar-refractivity contribution is -0.117. The Bertz CT molecular complexity index is 699. The van der Waals surface area contributed by atoms with Gasteiger partial charge >= 0.3 is 0 Å². The van der Waals surface area contributed by atoms with E-state index in [2.05, 4.69) is 11.4 Å². The summed E-state index contributed by atoms with van der Waals surface area (Å²) in [7, 11) is 1.87. The lowest BCUT2D eigenvalue weighted by Crippen LogP contribution is -2.29. The van der Waals surface area contributed by atoms with Crippen LogP contribution in [0.3, 0.4) is 0 Å². The van der Waals surface area contributed by atoms with E-state index < -0.39 is 0 Å². The van der Waals surface area contributed by atoms with Gasteiger partial charge in [0.2, 0.25) is 11.8 Å². The van der Waals surface area contributed by atoms with E-state index in [1.165, 1.54) is 0 Å². The molecule has 5 heteroatoms. The Balaban J connectivity index is 1.96. The van der Waals surface area contributed by atoms with Crippen molar-refractivity contribution in [1.82, 2.24) is 4.90 Å². The zero-order valence-electron chi connectivity index (χ0n) is 13.0. The highest BCUT2D eigenvalue weighted by Gasteiger charge is 2.17. The molecule has 1 heterocycles. The van der Waals surface area contributed by atoms with Crippen LogP contribution in [-0.2, 0) is 11.3 Å². The topological polar surface area (TPSA) is 69.3 Å². The molecular weight excluding hydrogens is 278 g/mol. The molecule has 22 heavy (non-hydrogen) atoms. The molecule has 0 saturated carbocycles. The summed E-state index contributed by atoms with van der Waals surface area (Å²) in [6, 6.07) is 12.0. The van der Waals surface area contributed by atoms with E-state index in [4.69, 9.17) is 9.68 Å². The Hall–Kier alpha value is -2.58. The Kier molecular flexibility index (Phi) is 4.97. The third-order valence-electron chi connectivity index (χ3n) is 3.46. The molecule has 0 aliphatic heterocycles. The number of nitriles is 1. The summed E-state index contributed by atoms with van der Waals surface area (Å²) in [5, 5.41) is 11.8. The van der Waals surface area contributed by atoms with Gasteiger partial charge < -0.3 is 4.42 Å². The van der Waals surface area contributed by atoms with Crippen molar-refractivity contribution in [2.24, 2.45) is 0 Å². The molecule has 2 aromatic rings. The summed E-state index contributed by atoms with van der Waals surface area (Å²) in [6.45, 7) is 4.47. The van der Waals surface area contributed by atoms with E-state index in [1.54, 1.807) is 13.8 Å². The maximum atomic E-state index is 12.1. The van der Waals surface area contributed by atoms with Gasteiger partial charge in [-0.1, -0.05) is 30.3 Å². The van der Waals surface area contributed by atoms with Crippen LogP contribution in [-0.4, -0.2) is 24.4 Å². The standard InChI is InChI=1S/C17H19N3O2/c1-12-13(2)22-17(15(12)9-18)19-16(21)11-20(3)10-14-7-5-4-6-8-14/h4-8H,10-11H2,1-3H3,(H,19,21). The minimum absolute atomic E-state index is 0.205. The lowest BCUT2D eigenvalue weighted by atomic mass is 10.2. The van der Waals surface area contributed by atoms with Crippen molar-refractivity contribution in [2.75, 3.05) is 18.9 Å². The van der Waals surface area contributed by atoms with E-state index in [0.29, 0.717) is 17.9 Å². The molecule has 114 valence electrons. The van der Waals surface area contributed by atoms with Crippen molar-refractivity contribution in [1.29, 1.82) is 5.26 Å². The quantitative estimate of drug-likeness (QED) is 0.921. The highest BCUT2D eigenvalue weighted by atomic mass is 16.4. The first kappa shape index (κ1) is 15.8. The fourth-order valence-electron chi connectivity index (χ4n) is 2.21. The molecule has 0 radical (unpaired) electrons. The van der Waals surface area contributed by atoms with E-state index in [9.17, 15) is 4.79 Å². The molecule has 0 bridgehead atoms. The highest BCUT2D eigenvalue weighted by molar-refractivity contribution is 5.92. The van der Waals surface area contributed by atoms with Gasteiger partial charge in [0.15, 0.2) is 0 Å². The summed E-state index contributed by atoms with van der Waals surface area (Å²) in [5.74, 6) is 0.670. The second-order valence-corrected chi connectivity index (χ2v) is 5.31. The Morgan fingerprint density at radius 3 is 2.64 bits per heavy atom. The molecular formula is C17H19N3O2. The van der Waals surface area contributed by atoms with Gasteiger partial charge in [0.25, 0.3) is 0 Å². The van der Waals surface area contributed by atoms with Gasteiger partial charge in [-0.25, -0.2) is 0 Å². The molecule has 0 aliphatic carbocycles. The summed E-state index contributed by atoms with van der Waals surface area (Å²) in [4.78, 5) is 14.0. The number of rotatable bonds is 5. The third kappa shape index (κ3) is 3.74. The normalized spacial score (nSPS) is 10.5. The van der Waals surface area contributed by atoms with Crippen molar-refractivity contribution >= 4 is 11.8 Å². The summed E-state index contributed by atoms with van der Waals surface area (Å²) in [6.07, 6.45) is 0. The number of hydrogen-bond donors (Lipinski definition) is 1. The van der Waals surface area contributed by atoms with Gasteiger partial charge in [0, 0.05) is 12.1 Å². The number of carbonyl (C=O) groups excluding carboxylic acids is 1. The van der Waals surface area contributed by atoms with Crippen molar-refractivity contribution in [2.45, 2.75) is 20.4 Å². The molecule has 0 unspecified atom stereocenters. The maximum Gasteiger partial charge on any atom is 0.240 e. The first-order valence-electron chi connectivity index (χ1n) is 7.03. The molecule has 0 atom stereocenters. The minimum atomic E-state index is -0.205. The number of aryl methyl sites for hydroxylation is 1. The smallest absolute Gasteiger partial charge is 0.240 e. The highest BCUT2D eigenvalue weighted by Crippen LogP contribution is 2.25. The van der Waals surface area contributed by atoms with Gasteiger partial charge in [-0.05, 0) is 26.5 Å². The SMILES string of the molecule is Cc1oc(NC(=O)CN(C)Cc2ccccc2)c(C#N)c1C. The van der Waals surface area contributed by atoms with Crippen LogP contribution in [0.5, 0.6) is 0 Å². The molecule has 0 saturated heterocycles. The second kappa shape index (κ2) is 6.92. The minimum Gasteiger partial charge on any atom is -0.444 e. The van der Waals surface area contributed by atoms with Crippen LogP contribution >= 0.6 is 0 Å². The van der Waals surface area contributed by atoms with Gasteiger partial charge in [0.1, 0.15) is 17.4 Å². The molecule has 0 spiro atoms. The van der Waals surface area contributed by atoms with Crippen LogP contribution in [0.1, 0.15) is 22.5 Å². The third-order valence-corrected chi connectivity index (χ3v) is 3.46. The molecule has 0 fully saturated rings. The van der Waals surface area contributed by atoms with Gasteiger partial charge in [-0.15, -0.1) is 0 Å². The van der Waals surface area contributed by atoms with Crippen LogP contribution in [0, 0.1) is 25.2 Å². The summed E-state index contributed by atoms with van der Waals surface area (Å²) >= 11 is 0. The largest absolute Gasteiger partial charge is 0.444 e. The molecule has 1 aromatic carbocycles. The zero-order chi connectivity index (χ0) is 16.1. The van der Waals surface area contributed by atoms with E-state index in [1.807, 2.05) is 42.3 Å². The molecule has 1 N–H and O–H groups in total. The van der Waals surface area contributed by atoms with Crippen LogP contribution in [0.15, 0.2) is 34.7 Å². The van der Waals surface area contributed by atoms with Crippen LogP contribution in [0.25, 0.3) is 0 Å². The van der Waals surface area contributed by atoms with Crippen molar-refractivity contribution in [3.8, 4) is 6.07 Å². The van der Waals surface area contributed by atoms with E-state index in [0.717, 1.165) is 11.1 Å². The van der Waals surface area contributed by atoms with Crippen LogP contribution in [0.4, 0.5) is 5.88 Å². The predicted molar refractivity (Wildman–Crippen MR) is 84.3 cm³/mol. The number of amides is 1. The molecule has 1 amide bonds. The number of carbonyl (C=O) groups is 1. The molecule has 0 aliphatic rings. The number of likely N-dealkylation sites (N-methyl/N-ethyl adjacent to an activating group) is 1.